The lowest BCUT2D eigenvalue weighted by molar-refractivity contribution is -0.0461. The number of morpholine rings is 1. The van der Waals surface area contributed by atoms with E-state index in [0.717, 1.165) is 19.7 Å². The van der Waals surface area contributed by atoms with Gasteiger partial charge in [-0.25, -0.2) is 0 Å². The summed E-state index contributed by atoms with van der Waals surface area (Å²) in [5.41, 5.74) is 0.524. The van der Waals surface area contributed by atoms with Gasteiger partial charge in [-0.1, -0.05) is 0 Å². The first-order valence-electron chi connectivity index (χ1n) is 8.06. The molecule has 0 saturated carbocycles. The number of benzene rings is 1. The molecule has 0 aliphatic carbocycles. The Labute approximate surface area is 136 Å². The second-order valence-electron chi connectivity index (χ2n) is 6.06. The van der Waals surface area contributed by atoms with Gasteiger partial charge in [0.05, 0.1) is 26.9 Å². The van der Waals surface area contributed by atoms with E-state index in [1.54, 1.807) is 32.4 Å². The Morgan fingerprint density at radius 2 is 2.04 bits per heavy atom. The molecule has 1 N–H and O–H groups in total. The van der Waals surface area contributed by atoms with Crippen molar-refractivity contribution in [2.45, 2.75) is 25.0 Å². The molecule has 2 atom stereocenters. The molecule has 3 rings (SSSR count). The van der Waals surface area contributed by atoms with E-state index < -0.39 is 0 Å². The zero-order chi connectivity index (χ0) is 16.2. The van der Waals surface area contributed by atoms with Gasteiger partial charge in [0.1, 0.15) is 11.5 Å². The molecule has 0 unspecified atom stereocenters. The number of carbonyl (C=O) groups is 1. The van der Waals surface area contributed by atoms with Crippen molar-refractivity contribution >= 4 is 5.91 Å². The minimum Gasteiger partial charge on any atom is -0.497 e. The van der Waals surface area contributed by atoms with E-state index in [2.05, 4.69) is 10.2 Å². The lowest BCUT2D eigenvalue weighted by Crippen LogP contribution is -2.50. The van der Waals surface area contributed by atoms with Gasteiger partial charge in [-0.3, -0.25) is 9.69 Å². The maximum atomic E-state index is 12.4. The maximum absolute atomic E-state index is 12.4. The molecule has 0 radical (unpaired) electrons. The predicted octanol–water partition coefficient (Wildman–Crippen LogP) is 1.30. The van der Waals surface area contributed by atoms with Crippen molar-refractivity contribution in [3.8, 4) is 11.5 Å². The Kier molecular flexibility index (Phi) is 5.03. The normalized spacial score (nSPS) is 24.1. The average Bonchev–Trinajstić information content (AvgIpc) is 3.06. The standard InChI is InChI=1S/C17H24N2O4/c1-21-14-6-12(7-15(8-14)22-2)17(20)18-9-16-10-19-5-3-4-13(19)11-23-16/h6-8,13,16H,3-5,9-11H2,1-2H3,(H,18,20)/t13-,16+/m1/s1. The summed E-state index contributed by atoms with van der Waals surface area (Å²) in [5.74, 6) is 1.06. The zero-order valence-electron chi connectivity index (χ0n) is 13.7. The second-order valence-corrected chi connectivity index (χ2v) is 6.06. The summed E-state index contributed by atoms with van der Waals surface area (Å²) in [6, 6.07) is 5.73. The van der Waals surface area contributed by atoms with E-state index in [-0.39, 0.29) is 12.0 Å². The highest BCUT2D eigenvalue weighted by Crippen LogP contribution is 2.23. The monoisotopic (exact) mass is 320 g/mol. The van der Waals surface area contributed by atoms with Gasteiger partial charge < -0.3 is 19.5 Å². The van der Waals surface area contributed by atoms with Gasteiger partial charge in [-0.15, -0.1) is 0 Å². The van der Waals surface area contributed by atoms with Crippen molar-refractivity contribution in [3.05, 3.63) is 23.8 Å². The van der Waals surface area contributed by atoms with Crippen molar-refractivity contribution in [2.75, 3.05) is 40.5 Å². The molecule has 2 aliphatic rings. The Bertz CT molecular complexity index is 541. The Morgan fingerprint density at radius 3 is 2.74 bits per heavy atom. The van der Waals surface area contributed by atoms with Crippen LogP contribution in [0.15, 0.2) is 18.2 Å². The Morgan fingerprint density at radius 1 is 1.30 bits per heavy atom. The molecule has 2 fully saturated rings. The van der Waals surface area contributed by atoms with E-state index in [1.807, 2.05) is 0 Å². The van der Waals surface area contributed by atoms with Crippen LogP contribution in [0.3, 0.4) is 0 Å². The lowest BCUT2D eigenvalue weighted by atomic mass is 10.1. The van der Waals surface area contributed by atoms with E-state index in [4.69, 9.17) is 14.2 Å². The highest BCUT2D eigenvalue weighted by atomic mass is 16.5. The molecule has 0 aromatic heterocycles. The van der Waals surface area contributed by atoms with Gasteiger partial charge in [-0.2, -0.15) is 0 Å². The van der Waals surface area contributed by atoms with Crippen molar-refractivity contribution in [1.82, 2.24) is 10.2 Å². The predicted molar refractivity (Wildman–Crippen MR) is 86.2 cm³/mol. The number of rotatable bonds is 5. The molecule has 1 aromatic rings. The van der Waals surface area contributed by atoms with E-state index in [0.29, 0.717) is 29.6 Å². The van der Waals surface area contributed by atoms with Gasteiger partial charge in [0.2, 0.25) is 0 Å². The number of hydrogen-bond donors (Lipinski definition) is 1. The molecule has 0 bridgehead atoms. The number of fused-ring (bicyclic) bond motifs is 1. The van der Waals surface area contributed by atoms with Gasteiger partial charge in [-0.05, 0) is 31.5 Å². The first-order valence-corrected chi connectivity index (χ1v) is 8.06. The number of hydrogen-bond acceptors (Lipinski definition) is 5. The number of ether oxygens (including phenoxy) is 3. The number of nitrogens with zero attached hydrogens (tertiary/aromatic N) is 1. The Balaban J connectivity index is 1.57. The lowest BCUT2D eigenvalue weighted by Gasteiger charge is -2.35. The number of amides is 1. The summed E-state index contributed by atoms with van der Waals surface area (Å²) >= 11 is 0. The summed E-state index contributed by atoms with van der Waals surface area (Å²) in [4.78, 5) is 14.8. The third-order valence-electron chi connectivity index (χ3n) is 4.57. The van der Waals surface area contributed by atoms with Gasteiger partial charge in [0.25, 0.3) is 5.91 Å². The van der Waals surface area contributed by atoms with Crippen molar-refractivity contribution in [3.63, 3.8) is 0 Å². The van der Waals surface area contributed by atoms with Crippen LogP contribution in [-0.4, -0.2) is 63.4 Å². The number of carbonyl (C=O) groups excluding carboxylic acids is 1. The van der Waals surface area contributed by atoms with E-state index in [9.17, 15) is 4.79 Å². The van der Waals surface area contributed by atoms with E-state index >= 15 is 0 Å². The average molecular weight is 320 g/mol. The third kappa shape index (κ3) is 3.76. The maximum Gasteiger partial charge on any atom is 0.251 e. The molecule has 2 aliphatic heterocycles. The summed E-state index contributed by atoms with van der Waals surface area (Å²) in [6.07, 6.45) is 2.53. The van der Waals surface area contributed by atoms with Crippen LogP contribution >= 0.6 is 0 Å². The zero-order valence-corrected chi connectivity index (χ0v) is 13.7. The number of methoxy groups -OCH3 is 2. The smallest absolute Gasteiger partial charge is 0.251 e. The molecule has 6 nitrogen and oxygen atoms in total. The molecular weight excluding hydrogens is 296 g/mol. The van der Waals surface area contributed by atoms with Crippen molar-refractivity contribution in [1.29, 1.82) is 0 Å². The van der Waals surface area contributed by atoms with Crippen LogP contribution in [-0.2, 0) is 4.74 Å². The minimum atomic E-state index is -0.144. The molecule has 23 heavy (non-hydrogen) atoms. The van der Waals surface area contributed by atoms with E-state index in [1.165, 1.54) is 12.8 Å². The van der Waals surface area contributed by atoms with Crippen LogP contribution in [0.1, 0.15) is 23.2 Å². The fourth-order valence-electron chi connectivity index (χ4n) is 3.26. The summed E-state index contributed by atoms with van der Waals surface area (Å²) < 4.78 is 16.3. The molecule has 0 spiro atoms. The van der Waals surface area contributed by atoms with Crippen LogP contribution < -0.4 is 14.8 Å². The summed E-state index contributed by atoms with van der Waals surface area (Å²) in [5, 5.41) is 2.95. The van der Waals surface area contributed by atoms with Crippen LogP contribution in [0, 0.1) is 0 Å². The second kappa shape index (κ2) is 7.19. The molecular formula is C17H24N2O4. The number of nitrogens with one attached hydrogen (secondary N) is 1. The quantitative estimate of drug-likeness (QED) is 0.886. The summed E-state index contributed by atoms with van der Waals surface area (Å²) in [6.45, 7) is 3.33. The van der Waals surface area contributed by atoms with Crippen LogP contribution in [0.2, 0.25) is 0 Å². The molecule has 2 heterocycles. The highest BCUT2D eigenvalue weighted by molar-refractivity contribution is 5.95. The van der Waals surface area contributed by atoms with Crippen molar-refractivity contribution < 1.29 is 19.0 Å². The molecule has 1 amide bonds. The fourth-order valence-corrected chi connectivity index (χ4v) is 3.26. The van der Waals surface area contributed by atoms with Crippen LogP contribution in [0.4, 0.5) is 0 Å². The highest BCUT2D eigenvalue weighted by Gasteiger charge is 2.32. The third-order valence-corrected chi connectivity index (χ3v) is 4.57. The SMILES string of the molecule is COc1cc(OC)cc(C(=O)NC[C@H]2CN3CCC[C@@H]3CO2)c1. The van der Waals surface area contributed by atoms with Crippen LogP contribution in [0.25, 0.3) is 0 Å². The van der Waals surface area contributed by atoms with Gasteiger partial charge in [0, 0.05) is 30.8 Å². The molecule has 6 heteroatoms. The molecule has 126 valence electrons. The largest absolute Gasteiger partial charge is 0.497 e. The molecule has 2 saturated heterocycles. The van der Waals surface area contributed by atoms with Crippen molar-refractivity contribution in [2.24, 2.45) is 0 Å². The molecule has 1 aromatic carbocycles. The first-order chi connectivity index (χ1) is 11.2. The van der Waals surface area contributed by atoms with Gasteiger partial charge >= 0.3 is 0 Å². The fraction of sp³-hybridized carbons (Fsp3) is 0.588. The Hall–Kier alpha value is -1.79. The first kappa shape index (κ1) is 16.1. The minimum absolute atomic E-state index is 0.0563. The van der Waals surface area contributed by atoms with Crippen LogP contribution in [0.5, 0.6) is 11.5 Å². The topological polar surface area (TPSA) is 60.0 Å². The summed E-state index contributed by atoms with van der Waals surface area (Å²) in [7, 11) is 3.14. The van der Waals surface area contributed by atoms with Gasteiger partial charge in [0.15, 0.2) is 0 Å².